The maximum absolute atomic E-state index is 11.3. The van der Waals surface area contributed by atoms with E-state index in [2.05, 4.69) is 0 Å². The molecule has 0 saturated heterocycles. The minimum atomic E-state index is -2.95. The van der Waals surface area contributed by atoms with E-state index in [1.165, 1.54) is 6.92 Å². The lowest BCUT2D eigenvalue weighted by molar-refractivity contribution is -0.140. The van der Waals surface area contributed by atoms with Crippen LogP contribution in [-0.2, 0) is 18.1 Å². The standard InChI is InChI=1S/C14H29ClO5Si/c1-6-10-12(11-14(5,15)13(16)17)21(18-7-2,19-8-3)20-9-4/h12H,6-11H2,1-5H3,(H,16,17). The Morgan fingerprint density at radius 1 is 1.14 bits per heavy atom. The molecule has 0 amide bonds. The third-order valence-electron chi connectivity index (χ3n) is 3.25. The minimum Gasteiger partial charge on any atom is -0.480 e. The first kappa shape index (κ1) is 20.9. The number of carbonyl (C=O) groups is 1. The Hall–Kier alpha value is -0.143. The normalized spacial score (nSPS) is 16.5. The molecule has 0 bridgehead atoms. The van der Waals surface area contributed by atoms with Crippen molar-refractivity contribution in [1.82, 2.24) is 0 Å². The molecule has 7 heteroatoms. The molecule has 0 rings (SSSR count). The first-order valence-electron chi connectivity index (χ1n) is 7.63. The molecule has 0 aromatic rings. The lowest BCUT2D eigenvalue weighted by atomic mass is 10.0. The first-order chi connectivity index (χ1) is 9.79. The highest BCUT2D eigenvalue weighted by molar-refractivity contribution is 6.62. The summed E-state index contributed by atoms with van der Waals surface area (Å²) in [6, 6.07) is 0. The lowest BCUT2D eigenvalue weighted by Crippen LogP contribution is -2.52. The van der Waals surface area contributed by atoms with Crippen LogP contribution in [0.5, 0.6) is 0 Å². The van der Waals surface area contributed by atoms with Crippen molar-refractivity contribution < 1.29 is 23.2 Å². The molecule has 0 radical (unpaired) electrons. The zero-order valence-electron chi connectivity index (χ0n) is 13.8. The van der Waals surface area contributed by atoms with E-state index in [1.807, 2.05) is 27.7 Å². The van der Waals surface area contributed by atoms with Gasteiger partial charge in [0.15, 0.2) is 0 Å². The number of halogens is 1. The summed E-state index contributed by atoms with van der Waals surface area (Å²) >= 11 is 6.16. The molecule has 21 heavy (non-hydrogen) atoms. The van der Waals surface area contributed by atoms with Crippen molar-refractivity contribution in [2.24, 2.45) is 0 Å². The van der Waals surface area contributed by atoms with E-state index in [-0.39, 0.29) is 12.0 Å². The predicted molar refractivity (Wildman–Crippen MR) is 85.8 cm³/mol. The third-order valence-corrected chi connectivity index (χ3v) is 7.13. The molecule has 0 saturated carbocycles. The molecule has 5 nitrogen and oxygen atoms in total. The molecule has 1 N–H and O–H groups in total. The van der Waals surface area contributed by atoms with E-state index < -0.39 is 19.6 Å². The van der Waals surface area contributed by atoms with Crippen molar-refractivity contribution in [3.8, 4) is 0 Å². The molecule has 2 atom stereocenters. The van der Waals surface area contributed by atoms with Crippen molar-refractivity contribution in [2.45, 2.75) is 64.3 Å². The Bertz CT molecular complexity index is 295. The molecule has 0 aliphatic heterocycles. The van der Waals surface area contributed by atoms with Gasteiger partial charge in [0.05, 0.1) is 0 Å². The van der Waals surface area contributed by atoms with Crippen LogP contribution in [0.25, 0.3) is 0 Å². The van der Waals surface area contributed by atoms with Crippen molar-refractivity contribution >= 4 is 26.4 Å². The van der Waals surface area contributed by atoms with Crippen molar-refractivity contribution in [1.29, 1.82) is 0 Å². The first-order valence-corrected chi connectivity index (χ1v) is 9.81. The summed E-state index contributed by atoms with van der Waals surface area (Å²) in [6.07, 6.45) is 1.92. The summed E-state index contributed by atoms with van der Waals surface area (Å²) < 4.78 is 17.7. The summed E-state index contributed by atoms with van der Waals surface area (Å²) in [7, 11) is -2.95. The smallest absolute Gasteiger partial charge is 0.480 e. The average Bonchev–Trinajstić information content (AvgIpc) is 2.38. The second kappa shape index (κ2) is 9.79. The number of hydrogen-bond acceptors (Lipinski definition) is 4. The van der Waals surface area contributed by atoms with Gasteiger partial charge in [-0.1, -0.05) is 13.3 Å². The Balaban J connectivity index is 5.42. The SMILES string of the molecule is CCCC(CC(C)(Cl)C(=O)O)[Si](OCC)(OCC)OCC. The molecule has 0 aromatic heterocycles. The number of hydrogen-bond donors (Lipinski definition) is 1. The Labute approximate surface area is 134 Å². The van der Waals surface area contributed by atoms with Crippen LogP contribution in [-0.4, -0.2) is 44.6 Å². The molecular weight excluding hydrogens is 312 g/mol. The Morgan fingerprint density at radius 3 is 1.86 bits per heavy atom. The summed E-state index contributed by atoms with van der Waals surface area (Å²) in [6.45, 7) is 10.6. The van der Waals surface area contributed by atoms with E-state index in [1.54, 1.807) is 0 Å². The largest absolute Gasteiger partial charge is 0.504 e. The second-order valence-electron chi connectivity index (χ2n) is 5.09. The van der Waals surface area contributed by atoms with Gasteiger partial charge in [-0.15, -0.1) is 11.6 Å². The van der Waals surface area contributed by atoms with Gasteiger partial charge in [-0.25, -0.2) is 0 Å². The molecule has 2 unspecified atom stereocenters. The summed E-state index contributed by atoms with van der Waals surface area (Å²) in [5.74, 6) is -1.03. The number of aliphatic carboxylic acids is 1. The molecule has 0 aliphatic carbocycles. The van der Waals surface area contributed by atoms with Gasteiger partial charge in [-0.2, -0.15) is 0 Å². The van der Waals surface area contributed by atoms with E-state index in [0.717, 1.165) is 12.8 Å². The quantitative estimate of drug-likeness (QED) is 0.433. The predicted octanol–water partition coefficient (Wildman–Crippen LogP) is 3.68. The number of rotatable bonds is 12. The van der Waals surface area contributed by atoms with E-state index >= 15 is 0 Å². The van der Waals surface area contributed by atoms with Gasteiger partial charge in [0.2, 0.25) is 0 Å². The van der Waals surface area contributed by atoms with Crippen molar-refractivity contribution in [3.63, 3.8) is 0 Å². The summed E-state index contributed by atoms with van der Waals surface area (Å²) in [4.78, 5) is 9.98. The maximum Gasteiger partial charge on any atom is 0.504 e. The topological polar surface area (TPSA) is 65.0 Å². The fourth-order valence-corrected chi connectivity index (χ4v) is 6.16. The fraction of sp³-hybridized carbons (Fsp3) is 0.929. The zero-order chi connectivity index (χ0) is 16.5. The van der Waals surface area contributed by atoms with Crippen LogP contribution in [0, 0.1) is 0 Å². The molecule has 126 valence electrons. The van der Waals surface area contributed by atoms with E-state index in [0.29, 0.717) is 19.8 Å². The van der Waals surface area contributed by atoms with E-state index in [9.17, 15) is 9.90 Å². The average molecular weight is 341 g/mol. The molecule has 0 aromatic carbocycles. The van der Waals surface area contributed by atoms with Crippen LogP contribution in [0.1, 0.15) is 53.9 Å². The van der Waals surface area contributed by atoms with Crippen LogP contribution in [0.15, 0.2) is 0 Å². The van der Waals surface area contributed by atoms with Gasteiger partial charge in [-0.3, -0.25) is 4.79 Å². The van der Waals surface area contributed by atoms with Crippen molar-refractivity contribution in [3.05, 3.63) is 0 Å². The highest BCUT2D eigenvalue weighted by atomic mass is 35.5. The van der Waals surface area contributed by atoms with Gasteiger partial charge in [-0.05, 0) is 40.5 Å². The summed E-state index contributed by atoms with van der Waals surface area (Å²) in [5.41, 5.74) is -0.124. The molecule has 0 heterocycles. The fourth-order valence-electron chi connectivity index (χ4n) is 2.38. The van der Waals surface area contributed by atoms with Crippen molar-refractivity contribution in [2.75, 3.05) is 19.8 Å². The molecular formula is C14H29ClO5Si. The van der Waals surface area contributed by atoms with Gasteiger partial charge in [0.25, 0.3) is 0 Å². The van der Waals surface area contributed by atoms with Crippen LogP contribution in [0.2, 0.25) is 5.54 Å². The minimum absolute atomic E-state index is 0.124. The maximum atomic E-state index is 11.3. The monoisotopic (exact) mass is 340 g/mol. The lowest BCUT2D eigenvalue weighted by Gasteiger charge is -2.37. The van der Waals surface area contributed by atoms with Crippen LogP contribution >= 0.6 is 11.6 Å². The van der Waals surface area contributed by atoms with E-state index in [4.69, 9.17) is 24.9 Å². The van der Waals surface area contributed by atoms with Gasteiger partial charge in [0, 0.05) is 25.4 Å². The second-order valence-corrected chi connectivity index (χ2v) is 8.82. The van der Waals surface area contributed by atoms with Gasteiger partial charge in [0.1, 0.15) is 4.87 Å². The highest BCUT2D eigenvalue weighted by Crippen LogP contribution is 2.39. The summed E-state index contributed by atoms with van der Waals surface area (Å²) in [5, 5.41) is 9.27. The van der Waals surface area contributed by atoms with Gasteiger partial charge < -0.3 is 18.4 Å². The van der Waals surface area contributed by atoms with Crippen LogP contribution in [0.4, 0.5) is 0 Å². The number of carboxylic acids is 1. The third kappa shape index (κ3) is 6.24. The Morgan fingerprint density at radius 2 is 1.57 bits per heavy atom. The highest BCUT2D eigenvalue weighted by Gasteiger charge is 2.51. The zero-order valence-corrected chi connectivity index (χ0v) is 15.5. The van der Waals surface area contributed by atoms with Crippen LogP contribution in [0.3, 0.4) is 0 Å². The molecule has 0 aliphatic rings. The number of alkyl halides is 1. The Kier molecular flexibility index (Phi) is 9.72. The van der Waals surface area contributed by atoms with Crippen LogP contribution < -0.4 is 0 Å². The molecule has 0 spiro atoms. The number of carboxylic acid groups (broad SMARTS) is 1. The molecule has 0 fully saturated rings. The van der Waals surface area contributed by atoms with Gasteiger partial charge >= 0.3 is 14.8 Å².